The Morgan fingerprint density at radius 3 is 2.52 bits per heavy atom. The number of carboxylic acid groups (broad SMARTS) is 1. The molecule has 1 N–H and O–H groups in total. The zero-order valence-corrected chi connectivity index (χ0v) is 12.7. The number of hydrogen-bond donors (Lipinski definition) is 1. The van der Waals surface area contributed by atoms with Crippen molar-refractivity contribution >= 4 is 16.0 Å². The molecule has 0 bridgehead atoms. The molecule has 4 atom stereocenters. The molecule has 2 fully saturated rings. The third-order valence-electron chi connectivity index (χ3n) is 4.52. The third kappa shape index (κ3) is 2.46. The van der Waals surface area contributed by atoms with Crippen LogP contribution < -0.4 is 0 Å². The van der Waals surface area contributed by atoms with Gasteiger partial charge in [-0.2, -0.15) is 4.31 Å². The minimum absolute atomic E-state index is 0.00144. The van der Waals surface area contributed by atoms with E-state index in [1.165, 1.54) is 4.31 Å². The molecule has 1 aromatic rings. The highest BCUT2D eigenvalue weighted by Gasteiger charge is 2.55. The smallest absolute Gasteiger partial charge is 0.322 e. The zero-order chi connectivity index (χ0) is 15.2. The molecule has 0 spiro atoms. The summed E-state index contributed by atoms with van der Waals surface area (Å²) in [7, 11) is -3.55. The van der Waals surface area contributed by atoms with Crippen LogP contribution >= 0.6 is 0 Å². The van der Waals surface area contributed by atoms with Crippen LogP contribution in [0.2, 0.25) is 0 Å². The predicted octanol–water partition coefficient (Wildman–Crippen LogP) is 1.81. The lowest BCUT2D eigenvalue weighted by Crippen LogP contribution is -2.45. The van der Waals surface area contributed by atoms with E-state index < -0.39 is 27.3 Å². The predicted molar refractivity (Wildman–Crippen MR) is 78.5 cm³/mol. The number of aliphatic carboxylic acids is 1. The molecule has 114 valence electrons. The van der Waals surface area contributed by atoms with Gasteiger partial charge in [-0.15, -0.1) is 0 Å². The van der Waals surface area contributed by atoms with E-state index in [9.17, 15) is 18.3 Å². The van der Waals surface area contributed by atoms with E-state index in [-0.39, 0.29) is 12.0 Å². The van der Waals surface area contributed by atoms with Crippen molar-refractivity contribution in [2.75, 3.05) is 0 Å². The molecule has 6 heteroatoms. The quantitative estimate of drug-likeness (QED) is 0.920. The summed E-state index contributed by atoms with van der Waals surface area (Å²) in [6.45, 7) is 1.79. The average Bonchev–Trinajstić information content (AvgIpc) is 3.16. The minimum Gasteiger partial charge on any atom is -0.480 e. The van der Waals surface area contributed by atoms with Gasteiger partial charge in [0.25, 0.3) is 0 Å². The van der Waals surface area contributed by atoms with Gasteiger partial charge in [0.1, 0.15) is 6.04 Å². The van der Waals surface area contributed by atoms with Crippen molar-refractivity contribution in [3.63, 3.8) is 0 Å². The van der Waals surface area contributed by atoms with E-state index in [4.69, 9.17) is 0 Å². The topological polar surface area (TPSA) is 74.7 Å². The van der Waals surface area contributed by atoms with Crippen LogP contribution in [0.25, 0.3) is 0 Å². The van der Waals surface area contributed by atoms with Gasteiger partial charge in [-0.1, -0.05) is 30.3 Å². The van der Waals surface area contributed by atoms with Gasteiger partial charge >= 0.3 is 5.97 Å². The Balaban J connectivity index is 1.84. The van der Waals surface area contributed by atoms with Gasteiger partial charge in [-0.3, -0.25) is 4.79 Å². The van der Waals surface area contributed by atoms with Crippen LogP contribution in [0, 0.1) is 0 Å². The lowest BCUT2D eigenvalue weighted by molar-refractivity contribution is -0.140. The summed E-state index contributed by atoms with van der Waals surface area (Å²) in [6.07, 6.45) is 1.60. The normalized spacial score (nSPS) is 33.0. The van der Waals surface area contributed by atoms with Gasteiger partial charge in [0.05, 0.1) is 5.25 Å². The molecule has 21 heavy (non-hydrogen) atoms. The van der Waals surface area contributed by atoms with Gasteiger partial charge < -0.3 is 5.11 Å². The fraction of sp³-hybridized carbons (Fsp3) is 0.533. The molecule has 1 saturated carbocycles. The number of carbonyl (C=O) groups is 1. The Morgan fingerprint density at radius 2 is 1.90 bits per heavy atom. The lowest BCUT2D eigenvalue weighted by Gasteiger charge is -2.25. The Hall–Kier alpha value is -1.40. The fourth-order valence-corrected chi connectivity index (χ4v) is 5.82. The molecule has 1 saturated heterocycles. The highest BCUT2D eigenvalue weighted by molar-refractivity contribution is 7.90. The molecule has 1 aliphatic carbocycles. The first kappa shape index (κ1) is 14.5. The van der Waals surface area contributed by atoms with Crippen molar-refractivity contribution in [3.8, 4) is 0 Å². The van der Waals surface area contributed by atoms with Crippen LogP contribution in [0.3, 0.4) is 0 Å². The summed E-state index contributed by atoms with van der Waals surface area (Å²) in [5, 5.41) is 8.77. The van der Waals surface area contributed by atoms with E-state index in [1.807, 2.05) is 30.3 Å². The van der Waals surface area contributed by atoms with E-state index in [2.05, 4.69) is 0 Å². The number of hydrogen-bond acceptors (Lipinski definition) is 3. The van der Waals surface area contributed by atoms with Gasteiger partial charge in [0, 0.05) is 12.0 Å². The summed E-state index contributed by atoms with van der Waals surface area (Å²) >= 11 is 0. The Kier molecular flexibility index (Phi) is 3.53. The number of sulfonamides is 1. The maximum Gasteiger partial charge on any atom is 0.322 e. The number of benzene rings is 1. The van der Waals surface area contributed by atoms with Crippen molar-refractivity contribution in [1.82, 2.24) is 4.31 Å². The minimum atomic E-state index is -3.55. The monoisotopic (exact) mass is 309 g/mol. The molecule has 5 nitrogen and oxygen atoms in total. The van der Waals surface area contributed by atoms with Crippen molar-refractivity contribution in [2.45, 2.75) is 49.4 Å². The van der Waals surface area contributed by atoms with Gasteiger partial charge in [0.2, 0.25) is 10.0 Å². The van der Waals surface area contributed by atoms with Crippen LogP contribution in [0.15, 0.2) is 30.3 Å². The van der Waals surface area contributed by atoms with Crippen molar-refractivity contribution < 1.29 is 18.3 Å². The number of rotatable bonds is 4. The van der Waals surface area contributed by atoms with Crippen LogP contribution in [0.4, 0.5) is 0 Å². The first-order valence-corrected chi connectivity index (χ1v) is 8.73. The summed E-state index contributed by atoms with van der Waals surface area (Å²) < 4.78 is 26.8. The standard InChI is InChI=1S/C15H19NO4S/c1-10-7-8-13(15(17)18)16(10)21(19,20)14-9-12(14)11-5-3-2-4-6-11/h2-6,10,12-14H,7-9H2,1H3,(H,17,18)/t10-,12?,13-,14?/m0/s1. The molecule has 2 aliphatic rings. The fourth-order valence-electron chi connectivity index (χ4n) is 3.33. The number of nitrogens with zero attached hydrogens (tertiary/aromatic N) is 1. The van der Waals surface area contributed by atoms with E-state index in [0.29, 0.717) is 19.3 Å². The molecular weight excluding hydrogens is 290 g/mol. The molecular formula is C15H19NO4S. The summed E-state index contributed by atoms with van der Waals surface area (Å²) in [4.78, 5) is 11.3. The Labute approximate surface area is 124 Å². The van der Waals surface area contributed by atoms with E-state index in [1.54, 1.807) is 6.92 Å². The highest BCUT2D eigenvalue weighted by Crippen LogP contribution is 2.48. The van der Waals surface area contributed by atoms with E-state index in [0.717, 1.165) is 5.56 Å². The van der Waals surface area contributed by atoms with Gasteiger partial charge in [-0.25, -0.2) is 8.42 Å². The first-order valence-electron chi connectivity index (χ1n) is 7.23. The second-order valence-electron chi connectivity index (χ2n) is 5.95. The van der Waals surface area contributed by atoms with Crippen molar-refractivity contribution in [1.29, 1.82) is 0 Å². The summed E-state index contributed by atoms with van der Waals surface area (Å²) in [5.41, 5.74) is 1.02. The summed E-state index contributed by atoms with van der Waals surface area (Å²) in [5.74, 6) is -1.04. The number of carboxylic acids is 1. The molecule has 0 amide bonds. The van der Waals surface area contributed by atoms with Crippen LogP contribution in [-0.2, 0) is 14.8 Å². The highest BCUT2D eigenvalue weighted by atomic mass is 32.2. The molecule has 1 aromatic carbocycles. The SMILES string of the molecule is C[C@H]1CC[C@@H](C(=O)O)N1S(=O)(=O)C1CC1c1ccccc1. The first-order chi connectivity index (χ1) is 9.93. The zero-order valence-electron chi connectivity index (χ0n) is 11.8. The van der Waals surface area contributed by atoms with Gasteiger partial charge in [-0.05, 0) is 31.7 Å². The third-order valence-corrected chi connectivity index (χ3v) is 7.01. The molecule has 2 unspecified atom stereocenters. The van der Waals surface area contributed by atoms with E-state index >= 15 is 0 Å². The average molecular weight is 309 g/mol. The summed E-state index contributed by atoms with van der Waals surface area (Å²) in [6, 6.07) is 8.43. The second kappa shape index (κ2) is 5.10. The second-order valence-corrected chi connectivity index (χ2v) is 8.00. The maximum atomic E-state index is 12.8. The van der Waals surface area contributed by atoms with Crippen LogP contribution in [0.5, 0.6) is 0 Å². The largest absolute Gasteiger partial charge is 0.480 e. The van der Waals surface area contributed by atoms with Crippen molar-refractivity contribution in [2.24, 2.45) is 0 Å². The lowest BCUT2D eigenvalue weighted by atomic mass is 10.1. The molecule has 3 rings (SSSR count). The molecule has 0 aromatic heterocycles. The Morgan fingerprint density at radius 1 is 1.24 bits per heavy atom. The molecule has 1 aliphatic heterocycles. The molecule has 1 heterocycles. The molecule has 0 radical (unpaired) electrons. The van der Waals surface area contributed by atoms with Gasteiger partial charge in [0.15, 0.2) is 0 Å². The van der Waals surface area contributed by atoms with Crippen LogP contribution in [0.1, 0.15) is 37.7 Å². The Bertz CT molecular complexity index is 643. The van der Waals surface area contributed by atoms with Crippen LogP contribution in [-0.4, -0.2) is 41.1 Å². The van der Waals surface area contributed by atoms with Crippen molar-refractivity contribution in [3.05, 3.63) is 35.9 Å². The maximum absolute atomic E-state index is 12.8.